The summed E-state index contributed by atoms with van der Waals surface area (Å²) in [7, 11) is 0. The summed E-state index contributed by atoms with van der Waals surface area (Å²) in [5.74, 6) is 0.255. The molecule has 2 aliphatic heterocycles. The SMILES string of the molecule is CCNC(=O)CCCC(=O)N1CCC2CCC(C1)N2. The maximum Gasteiger partial charge on any atom is 0.222 e. The van der Waals surface area contributed by atoms with Gasteiger partial charge in [-0.2, -0.15) is 0 Å². The highest BCUT2D eigenvalue weighted by Gasteiger charge is 2.30. The van der Waals surface area contributed by atoms with Crippen LogP contribution in [0.15, 0.2) is 0 Å². The second kappa shape index (κ2) is 6.89. The van der Waals surface area contributed by atoms with Crippen molar-refractivity contribution >= 4 is 11.8 Å². The van der Waals surface area contributed by atoms with Gasteiger partial charge in [0.25, 0.3) is 0 Å². The van der Waals surface area contributed by atoms with Crippen molar-refractivity contribution < 1.29 is 9.59 Å². The molecular formula is C14H25N3O2. The van der Waals surface area contributed by atoms with Crippen LogP contribution in [0, 0.1) is 0 Å². The van der Waals surface area contributed by atoms with Crippen LogP contribution in [-0.4, -0.2) is 48.4 Å². The number of carbonyl (C=O) groups excluding carboxylic acids is 2. The first kappa shape index (κ1) is 14.3. The molecule has 19 heavy (non-hydrogen) atoms. The number of likely N-dealkylation sites (tertiary alicyclic amines) is 1. The van der Waals surface area contributed by atoms with Crippen molar-refractivity contribution in [3.8, 4) is 0 Å². The van der Waals surface area contributed by atoms with Gasteiger partial charge in [-0.3, -0.25) is 9.59 Å². The molecule has 0 aromatic heterocycles. The van der Waals surface area contributed by atoms with Gasteiger partial charge in [-0.25, -0.2) is 0 Å². The minimum atomic E-state index is 0.0480. The number of hydrogen-bond acceptors (Lipinski definition) is 3. The summed E-state index contributed by atoms with van der Waals surface area (Å²) in [5, 5.41) is 6.33. The molecule has 0 radical (unpaired) electrons. The zero-order chi connectivity index (χ0) is 13.7. The molecule has 0 aromatic carbocycles. The Morgan fingerprint density at radius 2 is 2.00 bits per heavy atom. The molecule has 2 aliphatic rings. The lowest BCUT2D eigenvalue weighted by molar-refractivity contribution is -0.131. The second-order valence-corrected chi connectivity index (χ2v) is 5.57. The molecule has 5 nitrogen and oxygen atoms in total. The molecular weight excluding hydrogens is 242 g/mol. The van der Waals surface area contributed by atoms with E-state index in [1.165, 1.54) is 12.8 Å². The Morgan fingerprint density at radius 3 is 2.79 bits per heavy atom. The molecule has 2 saturated heterocycles. The fourth-order valence-electron chi connectivity index (χ4n) is 3.01. The number of amides is 2. The van der Waals surface area contributed by atoms with Crippen LogP contribution in [0.5, 0.6) is 0 Å². The molecule has 2 fully saturated rings. The van der Waals surface area contributed by atoms with E-state index in [4.69, 9.17) is 0 Å². The summed E-state index contributed by atoms with van der Waals surface area (Å²) in [6, 6.07) is 1.10. The quantitative estimate of drug-likeness (QED) is 0.768. The molecule has 0 aromatic rings. The maximum atomic E-state index is 12.1. The van der Waals surface area contributed by atoms with Gasteiger partial charge in [-0.05, 0) is 32.6 Å². The molecule has 0 aliphatic carbocycles. The number of carbonyl (C=O) groups is 2. The minimum absolute atomic E-state index is 0.0480. The van der Waals surface area contributed by atoms with Crippen LogP contribution in [0.2, 0.25) is 0 Å². The van der Waals surface area contributed by atoms with Crippen LogP contribution in [0.1, 0.15) is 45.4 Å². The van der Waals surface area contributed by atoms with Crippen LogP contribution in [0.25, 0.3) is 0 Å². The Bertz CT molecular complexity index is 333. The molecule has 2 unspecified atom stereocenters. The standard InChI is InChI=1S/C14H25N3O2/c1-2-15-13(18)4-3-5-14(19)17-9-8-11-6-7-12(10-17)16-11/h11-12,16H,2-10H2,1H3,(H,15,18). The number of rotatable bonds is 5. The average molecular weight is 267 g/mol. The number of nitrogens with zero attached hydrogens (tertiary/aromatic N) is 1. The Balaban J connectivity index is 1.69. The number of hydrogen-bond donors (Lipinski definition) is 2. The van der Waals surface area contributed by atoms with Gasteiger partial charge in [-0.15, -0.1) is 0 Å². The van der Waals surface area contributed by atoms with Crippen molar-refractivity contribution in [3.05, 3.63) is 0 Å². The van der Waals surface area contributed by atoms with E-state index >= 15 is 0 Å². The predicted molar refractivity (Wildman–Crippen MR) is 73.7 cm³/mol. The average Bonchev–Trinajstić information content (AvgIpc) is 2.69. The third kappa shape index (κ3) is 4.20. The Morgan fingerprint density at radius 1 is 1.21 bits per heavy atom. The van der Waals surface area contributed by atoms with E-state index in [1.807, 2.05) is 11.8 Å². The Kier molecular flexibility index (Phi) is 5.19. The first-order chi connectivity index (χ1) is 9.19. The molecule has 2 bridgehead atoms. The van der Waals surface area contributed by atoms with E-state index in [0.717, 1.165) is 19.5 Å². The largest absolute Gasteiger partial charge is 0.356 e. The van der Waals surface area contributed by atoms with Gasteiger partial charge >= 0.3 is 0 Å². The van der Waals surface area contributed by atoms with Crippen LogP contribution in [-0.2, 0) is 9.59 Å². The van der Waals surface area contributed by atoms with Gasteiger partial charge in [0, 0.05) is 44.6 Å². The summed E-state index contributed by atoms with van der Waals surface area (Å²) in [6.45, 7) is 4.28. The van der Waals surface area contributed by atoms with Crippen LogP contribution in [0.4, 0.5) is 0 Å². The summed E-state index contributed by atoms with van der Waals surface area (Å²) < 4.78 is 0. The highest BCUT2D eigenvalue weighted by atomic mass is 16.2. The fourth-order valence-corrected chi connectivity index (χ4v) is 3.01. The van der Waals surface area contributed by atoms with Crippen molar-refractivity contribution in [2.24, 2.45) is 0 Å². The van der Waals surface area contributed by atoms with Gasteiger partial charge in [0.05, 0.1) is 0 Å². The summed E-state index contributed by atoms with van der Waals surface area (Å²) >= 11 is 0. The summed E-state index contributed by atoms with van der Waals surface area (Å²) in [6.07, 6.45) is 5.12. The molecule has 2 rings (SSSR count). The van der Waals surface area contributed by atoms with E-state index in [2.05, 4.69) is 10.6 Å². The monoisotopic (exact) mass is 267 g/mol. The van der Waals surface area contributed by atoms with Crippen molar-refractivity contribution in [3.63, 3.8) is 0 Å². The molecule has 2 amide bonds. The van der Waals surface area contributed by atoms with Gasteiger partial charge in [-0.1, -0.05) is 0 Å². The molecule has 5 heteroatoms. The lowest BCUT2D eigenvalue weighted by Gasteiger charge is -2.24. The Hall–Kier alpha value is -1.10. The zero-order valence-electron chi connectivity index (χ0n) is 11.8. The zero-order valence-corrected chi connectivity index (χ0v) is 11.8. The van der Waals surface area contributed by atoms with Gasteiger partial charge < -0.3 is 15.5 Å². The third-order valence-corrected chi connectivity index (χ3v) is 4.04. The molecule has 108 valence electrons. The van der Waals surface area contributed by atoms with Crippen LogP contribution < -0.4 is 10.6 Å². The van der Waals surface area contributed by atoms with E-state index in [9.17, 15) is 9.59 Å². The first-order valence-corrected chi connectivity index (χ1v) is 7.49. The molecule has 0 spiro atoms. The lowest BCUT2D eigenvalue weighted by atomic mass is 10.1. The van der Waals surface area contributed by atoms with Gasteiger partial charge in [0.1, 0.15) is 0 Å². The van der Waals surface area contributed by atoms with E-state index < -0.39 is 0 Å². The number of fused-ring (bicyclic) bond motifs is 2. The number of nitrogens with one attached hydrogen (secondary N) is 2. The van der Waals surface area contributed by atoms with E-state index in [1.54, 1.807) is 0 Å². The highest BCUT2D eigenvalue weighted by molar-refractivity contribution is 5.79. The molecule has 2 heterocycles. The maximum absolute atomic E-state index is 12.1. The van der Waals surface area contributed by atoms with Crippen molar-refractivity contribution in [1.82, 2.24) is 15.5 Å². The van der Waals surface area contributed by atoms with Gasteiger partial charge in [0.15, 0.2) is 0 Å². The summed E-state index contributed by atoms with van der Waals surface area (Å²) in [5.41, 5.74) is 0. The first-order valence-electron chi connectivity index (χ1n) is 7.49. The fraction of sp³-hybridized carbons (Fsp3) is 0.857. The minimum Gasteiger partial charge on any atom is -0.356 e. The normalized spacial score (nSPS) is 26.1. The second-order valence-electron chi connectivity index (χ2n) is 5.57. The smallest absolute Gasteiger partial charge is 0.222 e. The summed E-state index contributed by atoms with van der Waals surface area (Å²) in [4.78, 5) is 25.4. The van der Waals surface area contributed by atoms with Crippen LogP contribution in [0.3, 0.4) is 0 Å². The Labute approximate surface area is 115 Å². The van der Waals surface area contributed by atoms with Crippen molar-refractivity contribution in [2.45, 2.75) is 57.5 Å². The highest BCUT2D eigenvalue weighted by Crippen LogP contribution is 2.20. The predicted octanol–water partition coefficient (Wildman–Crippen LogP) is 0.646. The van der Waals surface area contributed by atoms with E-state index in [0.29, 0.717) is 37.9 Å². The van der Waals surface area contributed by atoms with E-state index in [-0.39, 0.29) is 11.8 Å². The van der Waals surface area contributed by atoms with Crippen molar-refractivity contribution in [2.75, 3.05) is 19.6 Å². The topological polar surface area (TPSA) is 61.4 Å². The molecule has 2 N–H and O–H groups in total. The lowest BCUT2D eigenvalue weighted by Crippen LogP contribution is -2.39. The van der Waals surface area contributed by atoms with Crippen molar-refractivity contribution in [1.29, 1.82) is 0 Å². The molecule has 0 saturated carbocycles. The molecule has 2 atom stereocenters. The third-order valence-electron chi connectivity index (χ3n) is 4.04. The van der Waals surface area contributed by atoms with Gasteiger partial charge in [0.2, 0.25) is 11.8 Å². The van der Waals surface area contributed by atoms with Crippen LogP contribution >= 0.6 is 0 Å².